The monoisotopic (exact) mass is 190 g/mol. The van der Waals surface area contributed by atoms with Crippen molar-refractivity contribution in [2.75, 3.05) is 12.3 Å². The molecule has 0 aromatic heterocycles. The molecule has 2 atom stereocenters. The lowest BCUT2D eigenvalue weighted by atomic mass is 10.2. The summed E-state index contributed by atoms with van der Waals surface area (Å²) in [7, 11) is 0. The Hall–Kier alpha value is -0.220. The molecule has 0 fully saturated rings. The Labute approximate surface area is 78.3 Å². The van der Waals surface area contributed by atoms with E-state index in [0.29, 0.717) is 12.5 Å². The number of hydrogen-bond acceptors (Lipinski definition) is 3. The lowest BCUT2D eigenvalue weighted by molar-refractivity contribution is -0.117. The molecule has 0 aromatic rings. The van der Waals surface area contributed by atoms with E-state index >= 15 is 0 Å². The van der Waals surface area contributed by atoms with Crippen LogP contribution in [0.1, 0.15) is 20.3 Å². The van der Waals surface area contributed by atoms with Crippen molar-refractivity contribution in [3.63, 3.8) is 0 Å². The maximum absolute atomic E-state index is 10.8. The molecule has 0 saturated carbocycles. The van der Waals surface area contributed by atoms with Crippen LogP contribution in [0.4, 0.5) is 0 Å². The highest BCUT2D eigenvalue weighted by Crippen LogP contribution is 2.16. The molecule has 4 heteroatoms. The van der Waals surface area contributed by atoms with Crippen molar-refractivity contribution in [3.8, 4) is 0 Å². The van der Waals surface area contributed by atoms with E-state index in [1.807, 2.05) is 6.92 Å². The first-order valence-electron chi connectivity index (χ1n) is 4.22. The SMILES string of the molecule is CCC(SCC(C)CN)C(N)=O. The van der Waals surface area contributed by atoms with Gasteiger partial charge in [0.15, 0.2) is 0 Å². The predicted molar refractivity (Wildman–Crippen MR) is 53.9 cm³/mol. The van der Waals surface area contributed by atoms with Crippen LogP contribution in [-0.2, 0) is 4.79 Å². The van der Waals surface area contributed by atoms with Gasteiger partial charge in [-0.2, -0.15) is 0 Å². The number of rotatable bonds is 6. The molecule has 0 aliphatic carbocycles. The molecule has 1 amide bonds. The molecule has 0 heterocycles. The Morgan fingerprint density at radius 1 is 1.58 bits per heavy atom. The van der Waals surface area contributed by atoms with Crippen LogP contribution in [0.5, 0.6) is 0 Å². The van der Waals surface area contributed by atoms with Crippen molar-refractivity contribution in [2.24, 2.45) is 17.4 Å². The first-order chi connectivity index (χ1) is 5.61. The van der Waals surface area contributed by atoms with E-state index in [0.717, 1.165) is 12.2 Å². The van der Waals surface area contributed by atoms with Crippen molar-refractivity contribution in [3.05, 3.63) is 0 Å². The summed E-state index contributed by atoms with van der Waals surface area (Å²) in [5, 5.41) is -0.0426. The Bertz CT molecular complexity index is 141. The average Bonchev–Trinajstić information content (AvgIpc) is 2.04. The van der Waals surface area contributed by atoms with Gasteiger partial charge in [-0.25, -0.2) is 0 Å². The second-order valence-electron chi connectivity index (χ2n) is 2.97. The Morgan fingerprint density at radius 2 is 2.17 bits per heavy atom. The number of hydrogen-bond donors (Lipinski definition) is 2. The van der Waals surface area contributed by atoms with Crippen molar-refractivity contribution in [1.82, 2.24) is 0 Å². The summed E-state index contributed by atoms with van der Waals surface area (Å²) in [6, 6.07) is 0. The molecular weight excluding hydrogens is 172 g/mol. The number of carbonyl (C=O) groups excluding carboxylic acids is 1. The van der Waals surface area contributed by atoms with Gasteiger partial charge in [-0.3, -0.25) is 4.79 Å². The van der Waals surface area contributed by atoms with Gasteiger partial charge in [-0.05, 0) is 24.6 Å². The van der Waals surface area contributed by atoms with Gasteiger partial charge < -0.3 is 11.5 Å². The highest BCUT2D eigenvalue weighted by Gasteiger charge is 2.13. The Kier molecular flexibility index (Phi) is 6.20. The lowest BCUT2D eigenvalue weighted by Gasteiger charge is -2.13. The van der Waals surface area contributed by atoms with Gasteiger partial charge >= 0.3 is 0 Å². The summed E-state index contributed by atoms with van der Waals surface area (Å²) >= 11 is 1.61. The number of nitrogens with two attached hydrogens (primary N) is 2. The van der Waals surface area contributed by atoms with E-state index in [1.54, 1.807) is 11.8 Å². The minimum Gasteiger partial charge on any atom is -0.369 e. The third-order valence-corrected chi connectivity index (χ3v) is 3.40. The van der Waals surface area contributed by atoms with E-state index in [1.165, 1.54) is 0 Å². The zero-order valence-electron chi connectivity index (χ0n) is 7.75. The molecular formula is C8H18N2OS. The van der Waals surface area contributed by atoms with Gasteiger partial charge in [0.25, 0.3) is 0 Å². The standard InChI is InChI=1S/C8H18N2OS/c1-3-7(8(10)11)12-5-6(2)4-9/h6-7H,3-5,9H2,1-2H3,(H2,10,11). The first kappa shape index (κ1) is 11.8. The minimum atomic E-state index is -0.216. The first-order valence-corrected chi connectivity index (χ1v) is 5.27. The fourth-order valence-electron chi connectivity index (χ4n) is 0.750. The van der Waals surface area contributed by atoms with E-state index in [9.17, 15) is 4.79 Å². The molecule has 72 valence electrons. The van der Waals surface area contributed by atoms with Crippen molar-refractivity contribution < 1.29 is 4.79 Å². The zero-order chi connectivity index (χ0) is 9.56. The highest BCUT2D eigenvalue weighted by atomic mass is 32.2. The van der Waals surface area contributed by atoms with Crippen LogP contribution in [0.15, 0.2) is 0 Å². The lowest BCUT2D eigenvalue weighted by Crippen LogP contribution is -2.26. The quantitative estimate of drug-likeness (QED) is 0.643. The Morgan fingerprint density at radius 3 is 2.50 bits per heavy atom. The Balaban J connectivity index is 3.65. The van der Waals surface area contributed by atoms with Crippen LogP contribution >= 0.6 is 11.8 Å². The normalized spacial score (nSPS) is 15.6. The number of thioether (sulfide) groups is 1. The molecule has 4 N–H and O–H groups in total. The molecule has 2 unspecified atom stereocenters. The fourth-order valence-corrected chi connectivity index (χ4v) is 1.85. The maximum atomic E-state index is 10.8. The number of amides is 1. The second kappa shape index (κ2) is 6.31. The maximum Gasteiger partial charge on any atom is 0.230 e. The molecule has 0 aliphatic heterocycles. The minimum absolute atomic E-state index is 0.0426. The van der Waals surface area contributed by atoms with E-state index in [4.69, 9.17) is 11.5 Å². The van der Waals surface area contributed by atoms with Gasteiger partial charge in [0.05, 0.1) is 5.25 Å². The fraction of sp³-hybridized carbons (Fsp3) is 0.875. The molecule has 0 rings (SSSR count). The summed E-state index contributed by atoms with van der Waals surface area (Å²) in [5.74, 6) is 1.16. The van der Waals surface area contributed by atoms with Crippen LogP contribution in [0, 0.1) is 5.92 Å². The summed E-state index contributed by atoms with van der Waals surface area (Å²) < 4.78 is 0. The third kappa shape index (κ3) is 4.62. The molecule has 0 aliphatic rings. The van der Waals surface area contributed by atoms with Crippen LogP contribution < -0.4 is 11.5 Å². The summed E-state index contributed by atoms with van der Waals surface area (Å²) in [4.78, 5) is 10.8. The summed E-state index contributed by atoms with van der Waals surface area (Å²) in [6.45, 7) is 4.71. The molecule has 0 bridgehead atoms. The van der Waals surface area contributed by atoms with Crippen LogP contribution in [0.3, 0.4) is 0 Å². The third-order valence-electron chi connectivity index (χ3n) is 1.67. The molecule has 0 spiro atoms. The molecule has 0 radical (unpaired) electrons. The topological polar surface area (TPSA) is 69.1 Å². The molecule has 0 saturated heterocycles. The largest absolute Gasteiger partial charge is 0.369 e. The van der Waals surface area contributed by atoms with E-state index in [2.05, 4.69) is 6.92 Å². The number of carbonyl (C=O) groups is 1. The van der Waals surface area contributed by atoms with Crippen molar-refractivity contribution in [2.45, 2.75) is 25.5 Å². The van der Waals surface area contributed by atoms with E-state index in [-0.39, 0.29) is 11.2 Å². The smallest absolute Gasteiger partial charge is 0.230 e. The molecule has 3 nitrogen and oxygen atoms in total. The number of primary amides is 1. The van der Waals surface area contributed by atoms with E-state index < -0.39 is 0 Å². The average molecular weight is 190 g/mol. The van der Waals surface area contributed by atoms with Gasteiger partial charge in [0.2, 0.25) is 5.91 Å². The van der Waals surface area contributed by atoms with Gasteiger partial charge in [0.1, 0.15) is 0 Å². The molecule has 0 aromatic carbocycles. The highest BCUT2D eigenvalue weighted by molar-refractivity contribution is 8.00. The summed E-state index contributed by atoms with van der Waals surface area (Å²) in [6.07, 6.45) is 0.803. The zero-order valence-corrected chi connectivity index (χ0v) is 8.56. The van der Waals surface area contributed by atoms with Crippen molar-refractivity contribution >= 4 is 17.7 Å². The van der Waals surface area contributed by atoms with Crippen molar-refractivity contribution in [1.29, 1.82) is 0 Å². The summed E-state index contributed by atoms with van der Waals surface area (Å²) in [5.41, 5.74) is 10.6. The van der Waals surface area contributed by atoms with Crippen LogP contribution in [-0.4, -0.2) is 23.5 Å². The van der Waals surface area contributed by atoms with Gasteiger partial charge in [-0.1, -0.05) is 13.8 Å². The van der Waals surface area contributed by atoms with Gasteiger partial charge in [-0.15, -0.1) is 11.8 Å². The molecule has 12 heavy (non-hydrogen) atoms. The van der Waals surface area contributed by atoms with Crippen LogP contribution in [0.2, 0.25) is 0 Å². The second-order valence-corrected chi connectivity index (χ2v) is 4.21. The van der Waals surface area contributed by atoms with Gasteiger partial charge in [0, 0.05) is 0 Å². The predicted octanol–water partition coefficient (Wildman–Crippen LogP) is 0.578. The van der Waals surface area contributed by atoms with Crippen LogP contribution in [0.25, 0.3) is 0 Å².